The summed E-state index contributed by atoms with van der Waals surface area (Å²) in [5.41, 5.74) is 2.56. The second-order valence-electron chi connectivity index (χ2n) is 4.49. The molecule has 0 radical (unpaired) electrons. The molecule has 0 amide bonds. The minimum atomic E-state index is -0.202. The zero-order chi connectivity index (χ0) is 13.7. The molecule has 0 aliphatic carbocycles. The molecule has 0 saturated carbocycles. The molecule has 0 fully saturated rings. The van der Waals surface area contributed by atoms with Gasteiger partial charge in [-0.05, 0) is 0 Å². The normalized spacial score (nSPS) is 12.8. The number of methoxy groups -OCH3 is 1. The van der Waals surface area contributed by atoms with E-state index in [9.17, 15) is 4.79 Å². The fourth-order valence-electron chi connectivity index (χ4n) is 1.81. The molecule has 1 aromatic carbocycles. The molecule has 0 spiro atoms. The van der Waals surface area contributed by atoms with Gasteiger partial charge in [0.25, 0.3) is 0 Å². The van der Waals surface area contributed by atoms with Gasteiger partial charge < -0.3 is 0 Å². The summed E-state index contributed by atoms with van der Waals surface area (Å²) in [4.78, 5) is 15.9. The SMILES string of the molecule is COC(=O)C(Cc1ccc(C)cc1[I-]C)N(C)C. The number of aryl methyl sites for hydroxylation is 1. The number of alkyl halides is 1. The van der Waals surface area contributed by atoms with E-state index in [1.807, 2.05) is 19.0 Å². The molecule has 0 N–H and O–H groups in total. The average molecular weight is 362 g/mol. The first-order chi connectivity index (χ1) is 8.49. The second-order valence-corrected chi connectivity index (χ2v) is 6.73. The van der Waals surface area contributed by atoms with Gasteiger partial charge in [-0.2, -0.15) is 0 Å². The monoisotopic (exact) mass is 362 g/mol. The van der Waals surface area contributed by atoms with Crippen LogP contribution in [0.1, 0.15) is 11.1 Å². The quantitative estimate of drug-likeness (QED) is 0.364. The van der Waals surface area contributed by atoms with Gasteiger partial charge in [0.2, 0.25) is 0 Å². The van der Waals surface area contributed by atoms with E-state index in [-0.39, 0.29) is 33.2 Å². The van der Waals surface area contributed by atoms with Crippen molar-refractivity contribution in [3.05, 3.63) is 32.9 Å². The van der Waals surface area contributed by atoms with Gasteiger partial charge >= 0.3 is 120 Å². The van der Waals surface area contributed by atoms with Crippen molar-refractivity contribution < 1.29 is 30.7 Å². The fourth-order valence-corrected chi connectivity index (χ4v) is 3.71. The predicted octanol–water partition coefficient (Wildman–Crippen LogP) is -1.47. The van der Waals surface area contributed by atoms with E-state index < -0.39 is 0 Å². The summed E-state index contributed by atoms with van der Waals surface area (Å²) in [6.07, 6.45) is 0.725. The Balaban J connectivity index is 2.97. The van der Waals surface area contributed by atoms with Gasteiger partial charge in [-0.15, -0.1) is 0 Å². The molecule has 4 heteroatoms. The van der Waals surface area contributed by atoms with E-state index in [0.29, 0.717) is 0 Å². The molecular weight excluding hydrogens is 341 g/mol. The van der Waals surface area contributed by atoms with Crippen LogP contribution >= 0.6 is 0 Å². The summed E-state index contributed by atoms with van der Waals surface area (Å²) >= 11 is 0.0241. The van der Waals surface area contributed by atoms with E-state index in [0.717, 1.165) is 6.42 Å². The number of halogens is 1. The third-order valence-electron chi connectivity index (χ3n) is 2.92. The van der Waals surface area contributed by atoms with Gasteiger partial charge in [0.05, 0.1) is 0 Å². The first-order valence-corrected chi connectivity index (χ1v) is 9.06. The van der Waals surface area contributed by atoms with Crippen molar-refractivity contribution in [2.24, 2.45) is 0 Å². The molecular formula is C14H21INO2-. The van der Waals surface area contributed by atoms with Gasteiger partial charge in [-0.3, -0.25) is 0 Å². The Morgan fingerprint density at radius 2 is 2.11 bits per heavy atom. The van der Waals surface area contributed by atoms with Crippen LogP contribution in [0.4, 0.5) is 0 Å². The van der Waals surface area contributed by atoms with Crippen LogP contribution in [0.2, 0.25) is 0 Å². The van der Waals surface area contributed by atoms with Crippen molar-refractivity contribution in [1.29, 1.82) is 0 Å². The Bertz CT molecular complexity index is 418. The van der Waals surface area contributed by atoms with Crippen LogP contribution in [0.5, 0.6) is 0 Å². The number of hydrogen-bond acceptors (Lipinski definition) is 3. The predicted molar refractivity (Wildman–Crippen MR) is 69.0 cm³/mol. The molecule has 0 aliphatic heterocycles. The van der Waals surface area contributed by atoms with Crippen LogP contribution in [0, 0.1) is 10.5 Å². The van der Waals surface area contributed by atoms with Crippen LogP contribution < -0.4 is 21.2 Å². The molecule has 0 aliphatic rings. The zero-order valence-electron chi connectivity index (χ0n) is 11.7. The van der Waals surface area contributed by atoms with Gasteiger partial charge in [0.1, 0.15) is 0 Å². The van der Waals surface area contributed by atoms with Gasteiger partial charge in [0, 0.05) is 0 Å². The number of likely N-dealkylation sites (N-methyl/N-ethyl adjacent to an activating group) is 1. The Labute approximate surface area is 120 Å². The van der Waals surface area contributed by atoms with Crippen LogP contribution in [0.3, 0.4) is 0 Å². The van der Waals surface area contributed by atoms with Crippen molar-refractivity contribution in [2.45, 2.75) is 19.4 Å². The van der Waals surface area contributed by atoms with Crippen molar-refractivity contribution in [2.75, 3.05) is 26.1 Å². The summed E-state index contributed by atoms with van der Waals surface area (Å²) in [5.74, 6) is -0.166. The van der Waals surface area contributed by atoms with Gasteiger partial charge in [-0.1, -0.05) is 0 Å². The number of nitrogens with zero attached hydrogens (tertiary/aromatic N) is 1. The molecule has 18 heavy (non-hydrogen) atoms. The Morgan fingerprint density at radius 1 is 1.44 bits per heavy atom. The second kappa shape index (κ2) is 7.09. The first kappa shape index (κ1) is 15.4. The van der Waals surface area contributed by atoms with Crippen molar-refractivity contribution >= 4 is 5.97 Å². The maximum atomic E-state index is 11.8. The standard InChI is InChI=1S/C14H21INO2/c1-10-6-7-11(12(8-10)15-2)9-13(16(3)4)14(17)18-5/h6-8,13H,9H2,1-5H3/q-1. The van der Waals surface area contributed by atoms with Crippen LogP contribution in [-0.4, -0.2) is 43.0 Å². The number of rotatable bonds is 5. The Morgan fingerprint density at radius 3 is 2.61 bits per heavy atom. The van der Waals surface area contributed by atoms with Gasteiger partial charge in [0.15, 0.2) is 0 Å². The number of hydrogen-bond donors (Lipinski definition) is 0. The van der Waals surface area contributed by atoms with Crippen LogP contribution in [0.15, 0.2) is 18.2 Å². The third-order valence-corrected chi connectivity index (χ3v) is 5.09. The molecule has 0 heterocycles. The number of ether oxygens (including phenoxy) is 1. The number of benzene rings is 1. The van der Waals surface area contributed by atoms with E-state index >= 15 is 0 Å². The summed E-state index contributed by atoms with van der Waals surface area (Å²) < 4.78 is 6.29. The van der Waals surface area contributed by atoms with Gasteiger partial charge in [-0.25, -0.2) is 0 Å². The molecule has 3 nitrogen and oxygen atoms in total. The molecule has 1 atom stereocenters. The van der Waals surface area contributed by atoms with Crippen LogP contribution in [0.25, 0.3) is 0 Å². The molecule has 102 valence electrons. The molecule has 0 bridgehead atoms. The molecule has 0 aromatic heterocycles. The molecule has 1 aromatic rings. The Hall–Kier alpha value is -0.620. The maximum absolute atomic E-state index is 11.8. The third kappa shape index (κ3) is 3.95. The Kier molecular flexibility index (Phi) is 6.08. The summed E-state index contributed by atoms with van der Waals surface area (Å²) in [5, 5.41) is 0. The zero-order valence-corrected chi connectivity index (χ0v) is 13.8. The van der Waals surface area contributed by atoms with Crippen molar-refractivity contribution in [3.8, 4) is 0 Å². The summed E-state index contributed by atoms with van der Waals surface area (Å²) in [6, 6.07) is 6.30. The number of carbonyl (C=O) groups excluding carboxylic acids is 1. The van der Waals surface area contributed by atoms with Crippen molar-refractivity contribution in [3.63, 3.8) is 0 Å². The average Bonchev–Trinajstić information content (AvgIpc) is 2.35. The number of carbonyl (C=O) groups is 1. The van der Waals surface area contributed by atoms with Crippen molar-refractivity contribution in [1.82, 2.24) is 4.90 Å². The molecule has 0 saturated heterocycles. The molecule has 1 rings (SSSR count). The minimum absolute atomic E-state index is 0.0241. The molecule has 1 unspecified atom stereocenters. The van der Waals surface area contributed by atoms with E-state index in [1.54, 1.807) is 0 Å². The number of esters is 1. The first-order valence-electron chi connectivity index (χ1n) is 5.82. The summed E-state index contributed by atoms with van der Waals surface area (Å²) in [6.45, 7) is 2.11. The fraction of sp³-hybridized carbons (Fsp3) is 0.500. The van der Waals surface area contributed by atoms with E-state index in [1.165, 1.54) is 21.8 Å². The topological polar surface area (TPSA) is 29.5 Å². The summed E-state index contributed by atoms with van der Waals surface area (Å²) in [7, 11) is 5.27. The van der Waals surface area contributed by atoms with Crippen LogP contribution in [-0.2, 0) is 16.0 Å². The van der Waals surface area contributed by atoms with E-state index in [2.05, 4.69) is 30.1 Å². The van der Waals surface area contributed by atoms with E-state index in [4.69, 9.17) is 4.74 Å².